The van der Waals surface area contributed by atoms with Crippen LogP contribution in [0.3, 0.4) is 0 Å². The number of hydrogen-bond acceptors (Lipinski definition) is 5. The molecule has 0 aliphatic heterocycles. The molecule has 0 amide bonds. The third-order valence-electron chi connectivity index (χ3n) is 4.30. The number of carboxylic acids is 1. The highest BCUT2D eigenvalue weighted by Crippen LogP contribution is 2.34. The van der Waals surface area contributed by atoms with Crippen LogP contribution in [-0.4, -0.2) is 23.3 Å². The van der Waals surface area contributed by atoms with E-state index in [1.54, 1.807) is 0 Å². The van der Waals surface area contributed by atoms with Gasteiger partial charge >= 0.3 is 5.97 Å². The van der Waals surface area contributed by atoms with E-state index in [9.17, 15) is 4.79 Å². The number of nitrogens with zero attached hydrogens (tertiary/aromatic N) is 3. The summed E-state index contributed by atoms with van der Waals surface area (Å²) in [6, 6.07) is 17.3. The summed E-state index contributed by atoms with van der Waals surface area (Å²) < 4.78 is 0. The zero-order valence-corrected chi connectivity index (χ0v) is 16.1. The summed E-state index contributed by atoms with van der Waals surface area (Å²) in [5.74, 6) is -0.918. The molecule has 2 aromatic rings. The van der Waals surface area contributed by atoms with E-state index in [2.05, 4.69) is 34.4 Å². The SMILES string of the molecule is CC1(C)CC(Nc2ccc(N=Nc3ccccc3)cc2)=CC(=NCC(=O)O)C1. The lowest BCUT2D eigenvalue weighted by atomic mass is 9.78. The number of aliphatic imine (C=N–C) groups is 1. The molecule has 0 fully saturated rings. The summed E-state index contributed by atoms with van der Waals surface area (Å²) in [7, 11) is 0. The first-order valence-electron chi connectivity index (χ1n) is 9.19. The van der Waals surface area contributed by atoms with Gasteiger partial charge in [0.15, 0.2) is 0 Å². The second-order valence-electron chi connectivity index (χ2n) is 7.60. The van der Waals surface area contributed by atoms with Crippen molar-refractivity contribution in [1.29, 1.82) is 0 Å². The molecule has 0 spiro atoms. The molecule has 0 unspecified atom stereocenters. The van der Waals surface area contributed by atoms with Crippen LogP contribution in [0.25, 0.3) is 0 Å². The van der Waals surface area contributed by atoms with Crippen molar-refractivity contribution in [3.63, 3.8) is 0 Å². The summed E-state index contributed by atoms with van der Waals surface area (Å²) in [5.41, 5.74) is 4.40. The number of nitrogens with one attached hydrogen (secondary N) is 1. The minimum absolute atomic E-state index is 0.0260. The highest BCUT2D eigenvalue weighted by molar-refractivity contribution is 5.98. The molecule has 6 nitrogen and oxygen atoms in total. The van der Waals surface area contributed by atoms with Crippen molar-refractivity contribution in [1.82, 2.24) is 0 Å². The van der Waals surface area contributed by atoms with Crippen molar-refractivity contribution < 1.29 is 9.90 Å². The van der Waals surface area contributed by atoms with Crippen molar-refractivity contribution in [2.45, 2.75) is 26.7 Å². The zero-order chi connectivity index (χ0) is 20.0. The molecule has 1 aliphatic carbocycles. The molecule has 0 saturated carbocycles. The van der Waals surface area contributed by atoms with Crippen molar-refractivity contribution >= 4 is 28.7 Å². The van der Waals surface area contributed by atoms with Crippen LogP contribution in [0.2, 0.25) is 0 Å². The van der Waals surface area contributed by atoms with Gasteiger partial charge in [-0.3, -0.25) is 9.79 Å². The van der Waals surface area contributed by atoms with Crippen LogP contribution in [-0.2, 0) is 4.79 Å². The van der Waals surface area contributed by atoms with E-state index in [1.807, 2.05) is 60.7 Å². The summed E-state index contributed by atoms with van der Waals surface area (Å²) in [5, 5.41) is 20.7. The van der Waals surface area contributed by atoms with Gasteiger partial charge in [0.1, 0.15) is 6.54 Å². The van der Waals surface area contributed by atoms with Crippen molar-refractivity contribution in [3.8, 4) is 0 Å². The molecule has 0 saturated heterocycles. The monoisotopic (exact) mass is 376 g/mol. The molecule has 0 radical (unpaired) electrons. The number of azo groups is 1. The number of rotatable bonds is 6. The maximum Gasteiger partial charge on any atom is 0.325 e. The predicted molar refractivity (Wildman–Crippen MR) is 112 cm³/mol. The number of hydrogen-bond donors (Lipinski definition) is 2. The van der Waals surface area contributed by atoms with Crippen LogP contribution in [0.4, 0.5) is 17.1 Å². The number of carbonyl (C=O) groups is 1. The van der Waals surface area contributed by atoms with Crippen LogP contribution in [0, 0.1) is 5.41 Å². The first-order chi connectivity index (χ1) is 13.4. The Morgan fingerprint density at radius 3 is 2.29 bits per heavy atom. The Morgan fingerprint density at radius 1 is 1.00 bits per heavy atom. The summed E-state index contributed by atoms with van der Waals surface area (Å²) in [4.78, 5) is 15.0. The van der Waals surface area contributed by atoms with Gasteiger partial charge in [-0.1, -0.05) is 32.0 Å². The van der Waals surface area contributed by atoms with Gasteiger partial charge in [-0.15, -0.1) is 0 Å². The van der Waals surface area contributed by atoms with E-state index in [1.165, 1.54) is 0 Å². The molecule has 28 heavy (non-hydrogen) atoms. The van der Waals surface area contributed by atoms with Gasteiger partial charge in [-0.25, -0.2) is 0 Å². The predicted octanol–water partition coefficient (Wildman–Crippen LogP) is 5.74. The number of aliphatic carboxylic acids is 1. The number of anilines is 1. The van der Waals surface area contributed by atoms with E-state index in [-0.39, 0.29) is 12.0 Å². The van der Waals surface area contributed by atoms with Crippen molar-refractivity contribution in [3.05, 3.63) is 66.4 Å². The van der Waals surface area contributed by atoms with Crippen LogP contribution in [0.15, 0.2) is 81.6 Å². The first-order valence-corrected chi connectivity index (χ1v) is 9.19. The molecule has 0 bridgehead atoms. The quantitative estimate of drug-likeness (QED) is 0.630. The van der Waals surface area contributed by atoms with Gasteiger partial charge in [-0.05, 0) is 60.7 Å². The summed E-state index contributed by atoms with van der Waals surface area (Å²) in [6.07, 6.45) is 3.59. The molecule has 0 heterocycles. The molecule has 6 heteroatoms. The fraction of sp³-hybridized carbons (Fsp3) is 0.273. The number of carboxylic acid groups (broad SMARTS) is 1. The van der Waals surface area contributed by atoms with E-state index < -0.39 is 5.97 Å². The Labute approximate surface area is 164 Å². The Morgan fingerprint density at radius 2 is 1.64 bits per heavy atom. The Kier molecular flexibility index (Phi) is 5.99. The topological polar surface area (TPSA) is 86.4 Å². The van der Waals surface area contributed by atoms with E-state index >= 15 is 0 Å². The maximum absolute atomic E-state index is 10.8. The molecule has 144 valence electrons. The van der Waals surface area contributed by atoms with Gasteiger partial charge in [0, 0.05) is 17.1 Å². The highest BCUT2D eigenvalue weighted by atomic mass is 16.4. The van der Waals surface area contributed by atoms with Gasteiger partial charge < -0.3 is 10.4 Å². The number of benzene rings is 2. The fourth-order valence-electron chi connectivity index (χ4n) is 3.13. The second kappa shape index (κ2) is 8.61. The van der Waals surface area contributed by atoms with Crippen molar-refractivity contribution in [2.75, 3.05) is 11.9 Å². The molecule has 0 aromatic heterocycles. The molecular formula is C22H24N4O2. The van der Waals surface area contributed by atoms with E-state index in [0.29, 0.717) is 0 Å². The van der Waals surface area contributed by atoms with Gasteiger partial charge in [0.25, 0.3) is 0 Å². The van der Waals surface area contributed by atoms with Crippen LogP contribution in [0.1, 0.15) is 26.7 Å². The van der Waals surface area contributed by atoms with Gasteiger partial charge in [-0.2, -0.15) is 10.2 Å². The highest BCUT2D eigenvalue weighted by Gasteiger charge is 2.26. The summed E-state index contributed by atoms with van der Waals surface area (Å²) >= 11 is 0. The minimum atomic E-state index is -0.918. The molecule has 0 atom stereocenters. The average molecular weight is 376 g/mol. The standard InChI is InChI=1S/C22H24N4O2/c1-22(2)13-19(23-15-21(27)28)12-20(14-22)24-16-8-10-18(11-9-16)26-25-17-6-4-3-5-7-17/h3-12,24H,13-15H2,1-2H3,(H,27,28). The lowest BCUT2D eigenvalue weighted by Gasteiger charge is -2.31. The maximum atomic E-state index is 10.8. The third kappa shape index (κ3) is 5.87. The Balaban J connectivity index is 1.69. The zero-order valence-electron chi connectivity index (χ0n) is 16.1. The minimum Gasteiger partial charge on any atom is -0.480 e. The molecule has 1 aliphatic rings. The van der Waals surface area contributed by atoms with Gasteiger partial charge in [0.2, 0.25) is 0 Å². The van der Waals surface area contributed by atoms with Crippen LogP contribution < -0.4 is 5.32 Å². The second-order valence-corrected chi connectivity index (χ2v) is 7.60. The lowest BCUT2D eigenvalue weighted by Crippen LogP contribution is -2.25. The lowest BCUT2D eigenvalue weighted by molar-refractivity contribution is -0.135. The van der Waals surface area contributed by atoms with Crippen molar-refractivity contribution in [2.24, 2.45) is 20.6 Å². The first kappa shape index (κ1) is 19.5. The van der Waals surface area contributed by atoms with E-state index in [4.69, 9.17) is 5.11 Å². The van der Waals surface area contributed by atoms with Crippen LogP contribution >= 0.6 is 0 Å². The summed E-state index contributed by atoms with van der Waals surface area (Å²) in [6.45, 7) is 4.12. The normalized spacial score (nSPS) is 17.5. The largest absolute Gasteiger partial charge is 0.480 e. The molecular weight excluding hydrogens is 352 g/mol. The molecule has 2 aromatic carbocycles. The number of allylic oxidation sites excluding steroid dienone is 2. The average Bonchev–Trinajstić information content (AvgIpc) is 2.65. The molecule has 3 rings (SSSR count). The van der Waals surface area contributed by atoms with Crippen LogP contribution in [0.5, 0.6) is 0 Å². The smallest absolute Gasteiger partial charge is 0.325 e. The van der Waals surface area contributed by atoms with E-state index in [0.717, 1.165) is 41.3 Å². The molecule has 2 N–H and O–H groups in total. The van der Waals surface area contributed by atoms with Gasteiger partial charge in [0.05, 0.1) is 11.4 Å². The fourth-order valence-corrected chi connectivity index (χ4v) is 3.13. The third-order valence-corrected chi connectivity index (χ3v) is 4.30. The Bertz CT molecular complexity index is 913. The Hall–Kier alpha value is -3.28.